The molecule has 1 aliphatic heterocycles. The van der Waals surface area contributed by atoms with E-state index in [1.54, 1.807) is 12.1 Å². The van der Waals surface area contributed by atoms with Crippen LogP contribution >= 0.6 is 11.8 Å². The summed E-state index contributed by atoms with van der Waals surface area (Å²) in [6, 6.07) is 16.3. The van der Waals surface area contributed by atoms with Crippen LogP contribution in [-0.4, -0.2) is 56.4 Å². The molecule has 0 saturated carbocycles. The first-order chi connectivity index (χ1) is 13.4. The van der Waals surface area contributed by atoms with Crippen molar-refractivity contribution in [2.24, 2.45) is 0 Å². The molecule has 3 rings (SSSR count). The smallest absolute Gasteiger partial charge is 0.175 e. The van der Waals surface area contributed by atoms with Gasteiger partial charge in [-0.05, 0) is 60.7 Å². The molecule has 0 amide bonds. The number of hydrogen-bond donors (Lipinski definition) is 0. The van der Waals surface area contributed by atoms with Crippen LogP contribution in [0.1, 0.15) is 24.5 Å². The highest BCUT2D eigenvalue weighted by Gasteiger charge is 2.16. The van der Waals surface area contributed by atoms with Gasteiger partial charge in [0.15, 0.2) is 9.84 Å². The van der Waals surface area contributed by atoms with Crippen molar-refractivity contribution in [3.63, 3.8) is 0 Å². The Kier molecular flexibility index (Phi) is 7.57. The second-order valence-corrected chi connectivity index (χ2v) is 10.8. The van der Waals surface area contributed by atoms with Gasteiger partial charge in [-0.2, -0.15) is 0 Å². The molecule has 0 unspecified atom stereocenters. The van der Waals surface area contributed by atoms with Crippen molar-refractivity contribution in [1.82, 2.24) is 9.80 Å². The van der Waals surface area contributed by atoms with E-state index in [1.807, 2.05) is 23.9 Å². The maximum Gasteiger partial charge on any atom is 0.175 e. The highest BCUT2D eigenvalue weighted by atomic mass is 32.2. The maximum absolute atomic E-state index is 11.6. The Labute approximate surface area is 173 Å². The monoisotopic (exact) mass is 418 g/mol. The van der Waals surface area contributed by atoms with Crippen LogP contribution in [0.5, 0.6) is 0 Å². The van der Waals surface area contributed by atoms with Crippen LogP contribution in [0.25, 0.3) is 0 Å². The van der Waals surface area contributed by atoms with Gasteiger partial charge in [-0.1, -0.05) is 31.2 Å². The summed E-state index contributed by atoms with van der Waals surface area (Å²) in [7, 11) is -3.12. The van der Waals surface area contributed by atoms with Gasteiger partial charge >= 0.3 is 0 Å². The molecule has 152 valence electrons. The number of hydrogen-bond acceptors (Lipinski definition) is 5. The number of sulfone groups is 1. The molecule has 4 nitrogen and oxygen atoms in total. The van der Waals surface area contributed by atoms with E-state index in [-0.39, 0.29) is 0 Å². The Morgan fingerprint density at radius 2 is 1.32 bits per heavy atom. The molecule has 0 bridgehead atoms. The van der Waals surface area contributed by atoms with E-state index in [9.17, 15) is 8.42 Å². The lowest BCUT2D eigenvalue weighted by Gasteiger charge is -2.22. The molecule has 1 saturated heterocycles. The Hall–Kier alpha value is -1.34. The lowest BCUT2D eigenvalue weighted by atomic mass is 10.2. The molecule has 6 heteroatoms. The first-order valence-electron chi connectivity index (χ1n) is 9.89. The van der Waals surface area contributed by atoms with Crippen molar-refractivity contribution < 1.29 is 8.42 Å². The number of rotatable bonds is 7. The van der Waals surface area contributed by atoms with Crippen molar-refractivity contribution in [2.75, 3.05) is 38.2 Å². The van der Waals surface area contributed by atoms with Crippen LogP contribution in [0.3, 0.4) is 0 Å². The summed E-state index contributed by atoms with van der Waals surface area (Å²) in [6.07, 6.45) is 2.41. The quantitative estimate of drug-likeness (QED) is 0.638. The van der Waals surface area contributed by atoms with E-state index >= 15 is 0 Å². The minimum Gasteiger partial charge on any atom is -0.298 e. The second-order valence-electron chi connectivity index (χ2n) is 7.40. The molecule has 2 aromatic rings. The fourth-order valence-corrected chi connectivity index (χ4v) is 4.85. The van der Waals surface area contributed by atoms with Crippen molar-refractivity contribution in [2.45, 2.75) is 36.2 Å². The van der Waals surface area contributed by atoms with E-state index in [0.717, 1.165) is 51.4 Å². The highest BCUT2D eigenvalue weighted by molar-refractivity contribution is 7.99. The molecule has 0 N–H and O–H groups in total. The molecular formula is C22H30N2O2S2. The molecule has 0 aliphatic carbocycles. The van der Waals surface area contributed by atoms with Gasteiger partial charge in [-0.3, -0.25) is 9.80 Å². The molecule has 2 aromatic carbocycles. The van der Waals surface area contributed by atoms with Crippen molar-refractivity contribution in [1.29, 1.82) is 0 Å². The van der Waals surface area contributed by atoms with Gasteiger partial charge in [0.25, 0.3) is 0 Å². The number of benzene rings is 2. The predicted octanol–water partition coefficient (Wildman–Crippen LogP) is 3.91. The third-order valence-corrected chi connectivity index (χ3v) is 7.10. The zero-order valence-electron chi connectivity index (χ0n) is 16.8. The Bertz CT molecular complexity index is 849. The van der Waals surface area contributed by atoms with Crippen LogP contribution in [0.4, 0.5) is 0 Å². The maximum atomic E-state index is 11.6. The summed E-state index contributed by atoms with van der Waals surface area (Å²) in [5.74, 6) is 1.11. The fraction of sp³-hybridized carbons (Fsp3) is 0.455. The molecule has 0 spiro atoms. The van der Waals surface area contributed by atoms with E-state index in [2.05, 4.69) is 41.0 Å². The molecule has 1 heterocycles. The third-order valence-electron chi connectivity index (χ3n) is 5.08. The van der Waals surface area contributed by atoms with Gasteiger partial charge in [-0.25, -0.2) is 8.42 Å². The summed E-state index contributed by atoms with van der Waals surface area (Å²) in [5.41, 5.74) is 2.55. The van der Waals surface area contributed by atoms with Gasteiger partial charge in [0, 0.05) is 37.3 Å². The lowest BCUT2D eigenvalue weighted by Crippen LogP contribution is -2.30. The van der Waals surface area contributed by atoms with Crippen molar-refractivity contribution in [3.05, 3.63) is 59.7 Å². The van der Waals surface area contributed by atoms with Gasteiger partial charge in [0.2, 0.25) is 0 Å². The zero-order valence-corrected chi connectivity index (χ0v) is 18.4. The van der Waals surface area contributed by atoms with E-state index in [1.165, 1.54) is 22.3 Å². The summed E-state index contributed by atoms with van der Waals surface area (Å²) < 4.78 is 23.2. The summed E-state index contributed by atoms with van der Waals surface area (Å²) >= 11 is 1.88. The van der Waals surface area contributed by atoms with Crippen molar-refractivity contribution in [3.8, 4) is 0 Å². The van der Waals surface area contributed by atoms with Crippen molar-refractivity contribution >= 4 is 21.6 Å². The fourth-order valence-electron chi connectivity index (χ4n) is 3.56. The van der Waals surface area contributed by atoms with Gasteiger partial charge in [0.05, 0.1) is 4.90 Å². The SMILES string of the molecule is CCSc1ccc(CN2CCCN(Cc3ccc(S(C)(=O)=O)cc3)CC2)cc1. The molecular weight excluding hydrogens is 388 g/mol. The average molecular weight is 419 g/mol. The standard InChI is InChI=1S/C22H30N2O2S2/c1-3-27-21-9-5-19(6-10-21)17-23-13-4-14-24(16-15-23)18-20-7-11-22(12-8-20)28(2,25)26/h5-12H,3-4,13-18H2,1-2H3. The Balaban J connectivity index is 1.51. The van der Waals surface area contributed by atoms with Gasteiger partial charge < -0.3 is 0 Å². The molecule has 1 fully saturated rings. The van der Waals surface area contributed by atoms with Gasteiger partial charge in [-0.15, -0.1) is 11.8 Å². The van der Waals surface area contributed by atoms with Crippen LogP contribution in [0.15, 0.2) is 58.3 Å². The first kappa shape index (κ1) is 21.4. The number of thioether (sulfide) groups is 1. The minimum absolute atomic E-state index is 0.390. The largest absolute Gasteiger partial charge is 0.298 e. The highest BCUT2D eigenvalue weighted by Crippen LogP contribution is 2.19. The second kappa shape index (κ2) is 9.92. The Morgan fingerprint density at radius 3 is 1.79 bits per heavy atom. The number of nitrogens with zero attached hydrogens (tertiary/aromatic N) is 2. The average Bonchev–Trinajstić information content (AvgIpc) is 2.88. The predicted molar refractivity (Wildman–Crippen MR) is 118 cm³/mol. The molecule has 0 aromatic heterocycles. The zero-order chi connectivity index (χ0) is 20.0. The molecule has 28 heavy (non-hydrogen) atoms. The normalized spacial score (nSPS) is 16.8. The summed E-state index contributed by atoms with van der Waals surface area (Å²) in [6.45, 7) is 8.37. The van der Waals surface area contributed by atoms with Crippen LogP contribution < -0.4 is 0 Å². The summed E-state index contributed by atoms with van der Waals surface area (Å²) in [5, 5.41) is 0. The summed E-state index contributed by atoms with van der Waals surface area (Å²) in [4.78, 5) is 6.74. The Morgan fingerprint density at radius 1 is 0.821 bits per heavy atom. The van der Waals surface area contributed by atoms with E-state index in [4.69, 9.17) is 0 Å². The molecule has 0 radical (unpaired) electrons. The lowest BCUT2D eigenvalue weighted by molar-refractivity contribution is 0.247. The van der Waals surface area contributed by atoms with Crippen LogP contribution in [0.2, 0.25) is 0 Å². The minimum atomic E-state index is -3.12. The van der Waals surface area contributed by atoms with Crippen LogP contribution in [-0.2, 0) is 22.9 Å². The van der Waals surface area contributed by atoms with E-state index < -0.39 is 9.84 Å². The van der Waals surface area contributed by atoms with E-state index in [0.29, 0.717) is 4.90 Å². The van der Waals surface area contributed by atoms with Gasteiger partial charge in [0.1, 0.15) is 0 Å². The molecule has 0 atom stereocenters. The first-order valence-corrected chi connectivity index (χ1v) is 12.8. The molecule has 1 aliphatic rings. The topological polar surface area (TPSA) is 40.6 Å². The third kappa shape index (κ3) is 6.34. The van der Waals surface area contributed by atoms with Crippen LogP contribution in [0, 0.1) is 0 Å².